The van der Waals surface area contributed by atoms with E-state index in [1.165, 1.54) is 0 Å². The quantitative estimate of drug-likeness (QED) is 0.661. The number of nitrogens with zero attached hydrogens (tertiary/aromatic N) is 3. The molecule has 3 heterocycles. The molecule has 3 rings (SSSR count). The first kappa shape index (κ1) is 8.82. The third kappa shape index (κ3) is 1.40. The zero-order chi connectivity index (χ0) is 10.3. The summed E-state index contributed by atoms with van der Waals surface area (Å²) in [6, 6.07) is 1.99. The van der Waals surface area contributed by atoms with E-state index in [4.69, 9.17) is 11.6 Å². The molecular formula is C9H5ClN4S. The molecule has 0 unspecified atom stereocenters. The van der Waals surface area contributed by atoms with Gasteiger partial charge in [0.05, 0.1) is 6.33 Å². The van der Waals surface area contributed by atoms with Crippen LogP contribution in [0.3, 0.4) is 0 Å². The van der Waals surface area contributed by atoms with Crippen molar-refractivity contribution in [3.05, 3.63) is 28.4 Å². The molecule has 0 spiro atoms. The van der Waals surface area contributed by atoms with Gasteiger partial charge in [0.2, 0.25) is 5.28 Å². The van der Waals surface area contributed by atoms with Gasteiger partial charge in [-0.2, -0.15) is 16.3 Å². The number of hydrogen-bond donors (Lipinski definition) is 1. The highest BCUT2D eigenvalue weighted by Gasteiger charge is 2.10. The number of hydrogen-bond acceptors (Lipinski definition) is 4. The van der Waals surface area contributed by atoms with Crippen LogP contribution < -0.4 is 0 Å². The Kier molecular flexibility index (Phi) is 1.93. The molecule has 0 saturated heterocycles. The van der Waals surface area contributed by atoms with Gasteiger partial charge in [-0.05, 0) is 23.0 Å². The van der Waals surface area contributed by atoms with Crippen LogP contribution >= 0.6 is 22.9 Å². The summed E-state index contributed by atoms with van der Waals surface area (Å²) >= 11 is 7.44. The summed E-state index contributed by atoms with van der Waals surface area (Å²) < 4.78 is 0. The van der Waals surface area contributed by atoms with Gasteiger partial charge in [-0.25, -0.2) is 9.97 Å². The Morgan fingerprint density at radius 3 is 3.07 bits per heavy atom. The maximum atomic E-state index is 5.82. The zero-order valence-corrected chi connectivity index (χ0v) is 9.01. The maximum Gasteiger partial charge on any atom is 0.225 e. The number of fused-ring (bicyclic) bond motifs is 1. The third-order valence-corrected chi connectivity index (χ3v) is 2.91. The van der Waals surface area contributed by atoms with Gasteiger partial charge in [0, 0.05) is 10.9 Å². The molecule has 0 atom stereocenters. The van der Waals surface area contributed by atoms with Crippen molar-refractivity contribution in [1.82, 2.24) is 19.9 Å². The second-order valence-electron chi connectivity index (χ2n) is 2.95. The first-order valence-electron chi connectivity index (χ1n) is 4.24. The minimum atomic E-state index is 0.218. The Morgan fingerprint density at radius 2 is 2.27 bits per heavy atom. The van der Waals surface area contributed by atoms with E-state index in [2.05, 4.69) is 19.9 Å². The lowest BCUT2D eigenvalue weighted by molar-refractivity contribution is 1.20. The van der Waals surface area contributed by atoms with Crippen molar-refractivity contribution < 1.29 is 0 Å². The van der Waals surface area contributed by atoms with Gasteiger partial charge in [0.25, 0.3) is 0 Å². The fourth-order valence-corrected chi connectivity index (χ4v) is 2.22. The summed E-state index contributed by atoms with van der Waals surface area (Å²) in [4.78, 5) is 15.3. The molecule has 4 nitrogen and oxygen atoms in total. The van der Waals surface area contributed by atoms with E-state index in [1.807, 2.05) is 16.8 Å². The van der Waals surface area contributed by atoms with Crippen molar-refractivity contribution in [3.8, 4) is 11.3 Å². The molecule has 0 amide bonds. The average Bonchev–Trinajstić information content (AvgIpc) is 2.86. The van der Waals surface area contributed by atoms with Crippen molar-refractivity contribution in [2.24, 2.45) is 0 Å². The number of rotatable bonds is 1. The van der Waals surface area contributed by atoms with Gasteiger partial charge < -0.3 is 4.98 Å². The van der Waals surface area contributed by atoms with Crippen LogP contribution in [-0.4, -0.2) is 19.9 Å². The van der Waals surface area contributed by atoms with Gasteiger partial charge in [-0.15, -0.1) is 0 Å². The van der Waals surface area contributed by atoms with E-state index < -0.39 is 0 Å². The second kappa shape index (κ2) is 3.29. The summed E-state index contributed by atoms with van der Waals surface area (Å²) in [5.74, 6) is 0. The monoisotopic (exact) mass is 236 g/mol. The molecule has 15 heavy (non-hydrogen) atoms. The molecule has 3 aromatic rings. The molecule has 0 radical (unpaired) electrons. The van der Waals surface area contributed by atoms with E-state index >= 15 is 0 Å². The number of halogens is 1. The normalized spacial score (nSPS) is 11.0. The van der Waals surface area contributed by atoms with Crippen LogP contribution in [0.4, 0.5) is 0 Å². The highest BCUT2D eigenvalue weighted by atomic mass is 35.5. The molecule has 0 fully saturated rings. The van der Waals surface area contributed by atoms with Crippen molar-refractivity contribution in [2.45, 2.75) is 0 Å². The van der Waals surface area contributed by atoms with E-state index in [-0.39, 0.29) is 5.28 Å². The van der Waals surface area contributed by atoms with E-state index in [1.54, 1.807) is 17.7 Å². The lowest BCUT2D eigenvalue weighted by atomic mass is 10.2. The molecule has 74 valence electrons. The average molecular weight is 237 g/mol. The molecule has 0 aliphatic heterocycles. The number of aromatic amines is 1. The number of nitrogens with one attached hydrogen (secondary N) is 1. The highest BCUT2D eigenvalue weighted by Crippen LogP contribution is 2.26. The first-order chi connectivity index (χ1) is 7.34. The Hall–Kier alpha value is -1.46. The lowest BCUT2D eigenvalue weighted by Gasteiger charge is -1.98. The molecule has 0 aliphatic carbocycles. The predicted molar refractivity (Wildman–Crippen MR) is 60.0 cm³/mol. The summed E-state index contributed by atoms with van der Waals surface area (Å²) in [7, 11) is 0. The van der Waals surface area contributed by atoms with E-state index in [0.717, 1.165) is 16.8 Å². The smallest absolute Gasteiger partial charge is 0.225 e. The number of H-pyrrole nitrogens is 1. The minimum Gasteiger partial charge on any atom is -0.341 e. The number of aromatic nitrogens is 4. The Morgan fingerprint density at radius 1 is 1.33 bits per heavy atom. The van der Waals surface area contributed by atoms with Crippen LogP contribution in [0.1, 0.15) is 0 Å². The SMILES string of the molecule is Clc1nc(-c2ccsc2)c2[nH]cnc2n1. The van der Waals surface area contributed by atoms with E-state index in [0.29, 0.717) is 5.65 Å². The summed E-state index contributed by atoms with van der Waals surface area (Å²) in [6.07, 6.45) is 1.59. The van der Waals surface area contributed by atoms with Crippen LogP contribution in [-0.2, 0) is 0 Å². The van der Waals surface area contributed by atoms with Crippen LogP contribution in [0.25, 0.3) is 22.4 Å². The first-order valence-corrected chi connectivity index (χ1v) is 5.56. The molecule has 1 N–H and O–H groups in total. The summed E-state index contributed by atoms with van der Waals surface area (Å²) in [6.45, 7) is 0. The molecule has 0 bridgehead atoms. The van der Waals surface area contributed by atoms with Gasteiger partial charge in [-0.1, -0.05) is 0 Å². The van der Waals surface area contributed by atoms with Gasteiger partial charge in [-0.3, -0.25) is 0 Å². The van der Waals surface area contributed by atoms with Crippen molar-refractivity contribution >= 4 is 34.1 Å². The van der Waals surface area contributed by atoms with Crippen molar-refractivity contribution in [2.75, 3.05) is 0 Å². The predicted octanol–water partition coefficient (Wildman–Crippen LogP) is 2.73. The number of thiophene rings is 1. The van der Waals surface area contributed by atoms with Crippen molar-refractivity contribution in [1.29, 1.82) is 0 Å². The van der Waals surface area contributed by atoms with Crippen LogP contribution in [0, 0.1) is 0 Å². The van der Waals surface area contributed by atoms with Crippen LogP contribution in [0.2, 0.25) is 5.28 Å². The maximum absolute atomic E-state index is 5.82. The summed E-state index contributed by atoms with van der Waals surface area (Å²) in [5.41, 5.74) is 3.23. The highest BCUT2D eigenvalue weighted by molar-refractivity contribution is 7.08. The second-order valence-corrected chi connectivity index (χ2v) is 4.07. The minimum absolute atomic E-state index is 0.218. The molecular weight excluding hydrogens is 232 g/mol. The molecule has 3 aromatic heterocycles. The fraction of sp³-hybridized carbons (Fsp3) is 0. The van der Waals surface area contributed by atoms with Crippen molar-refractivity contribution in [3.63, 3.8) is 0 Å². The Bertz CT molecular complexity index is 602. The Labute approximate surface area is 94.0 Å². The topological polar surface area (TPSA) is 54.5 Å². The van der Waals surface area contributed by atoms with Gasteiger partial charge in [0.1, 0.15) is 11.2 Å². The largest absolute Gasteiger partial charge is 0.341 e. The molecule has 0 aliphatic rings. The van der Waals surface area contributed by atoms with Gasteiger partial charge >= 0.3 is 0 Å². The molecule has 6 heteroatoms. The van der Waals surface area contributed by atoms with E-state index in [9.17, 15) is 0 Å². The van der Waals surface area contributed by atoms with Crippen LogP contribution in [0.15, 0.2) is 23.2 Å². The molecule has 0 aromatic carbocycles. The third-order valence-electron chi connectivity index (χ3n) is 2.05. The Balaban J connectivity index is 2.38. The standard InChI is InChI=1S/C9H5ClN4S/c10-9-13-6(5-1-2-15-3-5)7-8(14-9)12-4-11-7/h1-4H,(H,11,12,13,14). The van der Waals surface area contributed by atoms with Gasteiger partial charge in [0.15, 0.2) is 5.65 Å². The number of imidazole rings is 1. The fourth-order valence-electron chi connectivity index (χ4n) is 1.41. The zero-order valence-electron chi connectivity index (χ0n) is 7.44. The summed E-state index contributed by atoms with van der Waals surface area (Å²) in [5, 5.41) is 4.22. The lowest BCUT2D eigenvalue weighted by Crippen LogP contribution is -1.89. The molecule has 0 saturated carbocycles. The van der Waals surface area contributed by atoms with Crippen LogP contribution in [0.5, 0.6) is 0 Å².